The van der Waals surface area contributed by atoms with Gasteiger partial charge in [-0.3, -0.25) is 0 Å². The quantitative estimate of drug-likeness (QED) is 0.558. The third kappa shape index (κ3) is 1650. The maximum absolute atomic E-state index is 3.00. The van der Waals surface area contributed by atoms with Gasteiger partial charge in [-0.15, -0.1) is 26.3 Å². The predicted molar refractivity (Wildman–Crippen MR) is 58.1 cm³/mol. The van der Waals surface area contributed by atoms with Crippen molar-refractivity contribution in [2.45, 2.75) is 35.1 Å². The molecular weight excluding hydrogens is 162 g/mol. The third-order valence-corrected chi connectivity index (χ3v) is 0. The molecule has 0 radical (unpaired) electrons. The van der Waals surface area contributed by atoms with Gasteiger partial charge in [-0.05, 0) is 0 Å². The fourth-order valence-corrected chi connectivity index (χ4v) is 0. The Bertz CT molecular complexity index is 16.5. The molecule has 0 amide bonds. The molecule has 0 heterocycles. The molecule has 0 saturated heterocycles. The molecule has 0 rings (SSSR count). The first-order valence-corrected chi connectivity index (χ1v) is 3.00. The van der Waals surface area contributed by atoms with E-state index in [0.717, 1.165) is 0 Å². The van der Waals surface area contributed by atoms with Gasteiger partial charge in [0.05, 0.1) is 0 Å². The van der Waals surface area contributed by atoms with Crippen LogP contribution in [0.4, 0.5) is 0 Å². The Labute approximate surface area is 106 Å². The van der Waals surface area contributed by atoms with Gasteiger partial charge < -0.3 is 7.58 Å². The summed E-state index contributed by atoms with van der Waals surface area (Å²) in [5, 5.41) is 0. The molecule has 2 heteroatoms. The summed E-state index contributed by atoms with van der Waals surface area (Å²) in [6.07, 6.45) is 0. The Kier molecular flexibility index (Phi) is 11300. The van der Waals surface area contributed by atoms with Crippen LogP contribution in [0, 0.1) is 37.7 Å². The van der Waals surface area contributed by atoms with Gasteiger partial charge in [0, 0.05) is 37.7 Å². The molecule has 1 nitrogen and oxygen atoms in total. The molecule has 0 saturated carbocycles. The SMILES string of the molecule is C.C=C.C=C.CC.CC.N.[Ar].[H-]. The second-order valence-corrected chi connectivity index (χ2v) is 0. The van der Waals surface area contributed by atoms with Crippen molar-refractivity contribution in [2.75, 3.05) is 0 Å². The van der Waals surface area contributed by atoms with E-state index in [1.807, 2.05) is 27.7 Å². The van der Waals surface area contributed by atoms with Crippen LogP contribution in [0.15, 0.2) is 26.3 Å². The Balaban J connectivity index is -0.00000000267. The van der Waals surface area contributed by atoms with Crippen LogP contribution in [0.3, 0.4) is 0 Å². The van der Waals surface area contributed by atoms with Crippen molar-refractivity contribution >= 4 is 0 Å². The Hall–Kier alpha value is 0.700. The molecule has 0 aromatic rings. The van der Waals surface area contributed by atoms with E-state index in [-0.39, 0.29) is 52.7 Å². The van der Waals surface area contributed by atoms with Gasteiger partial charge in [0.15, 0.2) is 0 Å². The average Bonchev–Trinajstić information content (AvgIpc) is 2.03. The minimum Gasteiger partial charge on any atom is -1.00 e. The van der Waals surface area contributed by atoms with Crippen molar-refractivity contribution in [2.24, 2.45) is 0 Å². The minimum absolute atomic E-state index is 0. The van der Waals surface area contributed by atoms with Gasteiger partial charge >= 0.3 is 0 Å². The summed E-state index contributed by atoms with van der Waals surface area (Å²) in [7, 11) is 0. The minimum atomic E-state index is 0. The average molecular weight is 190 g/mol. The van der Waals surface area contributed by atoms with Crippen LogP contribution in [0.2, 0.25) is 0 Å². The normalized spacial score (nSPS) is 1.82. The Morgan fingerprint density at radius 3 is 0.727 bits per heavy atom. The summed E-state index contributed by atoms with van der Waals surface area (Å²) in [4.78, 5) is 0. The first-order valence-electron chi connectivity index (χ1n) is 3.00. The molecule has 0 aliphatic rings. The summed E-state index contributed by atoms with van der Waals surface area (Å²) in [5.41, 5.74) is 0. The van der Waals surface area contributed by atoms with E-state index in [4.69, 9.17) is 0 Å². The van der Waals surface area contributed by atoms with Crippen LogP contribution in [-0.2, 0) is 0 Å². The van der Waals surface area contributed by atoms with Gasteiger partial charge in [-0.25, -0.2) is 0 Å². The van der Waals surface area contributed by atoms with Crippen molar-refractivity contribution in [3.05, 3.63) is 26.3 Å². The Morgan fingerprint density at radius 1 is 0.727 bits per heavy atom. The fourth-order valence-electron chi connectivity index (χ4n) is 0. The summed E-state index contributed by atoms with van der Waals surface area (Å²) < 4.78 is 0. The summed E-state index contributed by atoms with van der Waals surface area (Å²) in [6, 6.07) is 0. The zero-order valence-electron chi connectivity index (χ0n) is 8.89. The van der Waals surface area contributed by atoms with E-state index in [9.17, 15) is 0 Å². The molecule has 0 atom stereocenters. The van der Waals surface area contributed by atoms with E-state index in [0.29, 0.717) is 0 Å². The summed E-state index contributed by atoms with van der Waals surface area (Å²) in [6.45, 7) is 20.0. The van der Waals surface area contributed by atoms with Gasteiger partial charge in [0.1, 0.15) is 0 Å². The third-order valence-electron chi connectivity index (χ3n) is 0. The van der Waals surface area contributed by atoms with E-state index < -0.39 is 0 Å². The fraction of sp³-hybridized carbons (Fsp3) is 0.556. The van der Waals surface area contributed by atoms with Crippen LogP contribution in [-0.4, -0.2) is 0 Å². The van der Waals surface area contributed by atoms with Crippen molar-refractivity contribution in [1.82, 2.24) is 6.15 Å². The van der Waals surface area contributed by atoms with E-state index in [1.165, 1.54) is 0 Å². The zero-order chi connectivity index (χ0) is 8.00. The standard InChI is InChI=1S/2C2H6.2C2H4.CH4.Ar.H3N.H/c4*1-2;;;;/h2*1-2H3;2*1-2H2;1H4;;1H3;/q;;;;;;;-1. The van der Waals surface area contributed by atoms with Gasteiger partial charge in [-0.2, -0.15) is 0 Å². The largest absolute Gasteiger partial charge is 1.00 e. The van der Waals surface area contributed by atoms with Crippen LogP contribution in [0.25, 0.3) is 0 Å². The van der Waals surface area contributed by atoms with E-state index in [2.05, 4.69) is 26.3 Å². The summed E-state index contributed by atoms with van der Waals surface area (Å²) >= 11 is 0. The van der Waals surface area contributed by atoms with Crippen molar-refractivity contribution in [3.63, 3.8) is 0 Å². The molecule has 0 unspecified atom stereocenters. The monoisotopic (exact) mass is 190 g/mol. The smallest absolute Gasteiger partial charge is 0 e. The van der Waals surface area contributed by atoms with E-state index >= 15 is 0 Å². The molecule has 0 aromatic carbocycles. The first kappa shape index (κ1) is 60.6. The molecule has 0 fully saturated rings. The molecule has 3 N–H and O–H groups in total. The van der Waals surface area contributed by atoms with Crippen molar-refractivity contribution in [3.8, 4) is 0 Å². The van der Waals surface area contributed by atoms with Crippen molar-refractivity contribution in [1.29, 1.82) is 0 Å². The van der Waals surface area contributed by atoms with Gasteiger partial charge in [0.25, 0.3) is 0 Å². The second kappa shape index (κ2) is 2060. The van der Waals surface area contributed by atoms with Crippen LogP contribution in [0.1, 0.15) is 36.5 Å². The molecular formula is C9H28ArN-. The van der Waals surface area contributed by atoms with E-state index in [1.54, 1.807) is 0 Å². The predicted octanol–water partition coefficient (Wildman–Crippen LogP) is 4.57. The maximum atomic E-state index is 3.00. The maximum Gasteiger partial charge on any atom is 0 e. The molecule has 0 aromatic heterocycles. The van der Waals surface area contributed by atoms with Gasteiger partial charge in [-0.1, -0.05) is 35.1 Å². The van der Waals surface area contributed by atoms with Gasteiger partial charge in [0.2, 0.25) is 0 Å². The van der Waals surface area contributed by atoms with Crippen LogP contribution < -0.4 is 6.15 Å². The summed E-state index contributed by atoms with van der Waals surface area (Å²) in [5.74, 6) is 0. The first-order chi connectivity index (χ1) is 4.00. The zero-order valence-corrected chi connectivity index (χ0v) is 8.60. The molecule has 78 valence electrons. The Morgan fingerprint density at radius 2 is 0.727 bits per heavy atom. The molecule has 0 spiro atoms. The number of hydrogen-bond donors (Lipinski definition) is 1. The topological polar surface area (TPSA) is 35.0 Å². The molecule has 11 heavy (non-hydrogen) atoms. The number of rotatable bonds is 0. The van der Waals surface area contributed by atoms with Crippen LogP contribution >= 0.6 is 0 Å². The molecule has 0 aliphatic carbocycles. The molecule has 0 bridgehead atoms. The number of hydrogen-bond acceptors (Lipinski definition) is 1. The van der Waals surface area contributed by atoms with Crippen molar-refractivity contribution < 1.29 is 39.2 Å². The second-order valence-electron chi connectivity index (χ2n) is 0. The molecule has 0 aliphatic heterocycles. The van der Waals surface area contributed by atoms with Crippen LogP contribution in [0.5, 0.6) is 0 Å².